The normalized spacial score (nSPS) is 18.1. The lowest BCUT2D eigenvalue weighted by Crippen LogP contribution is -2.50. The van der Waals surface area contributed by atoms with Gasteiger partial charge in [0.2, 0.25) is 0 Å². The summed E-state index contributed by atoms with van der Waals surface area (Å²) in [6, 6.07) is 14.2. The number of benzene rings is 2. The van der Waals surface area contributed by atoms with Crippen LogP contribution in [0.5, 0.6) is 11.5 Å². The lowest BCUT2D eigenvalue weighted by atomic mass is 10.1. The van der Waals surface area contributed by atoms with Gasteiger partial charge >= 0.3 is 0 Å². The van der Waals surface area contributed by atoms with Crippen molar-refractivity contribution in [3.05, 3.63) is 59.7 Å². The monoisotopic (exact) mass is 531 g/mol. The van der Waals surface area contributed by atoms with Gasteiger partial charge in [0.1, 0.15) is 0 Å². The molecule has 0 atom stereocenters. The van der Waals surface area contributed by atoms with Gasteiger partial charge in [-0.05, 0) is 62.5 Å². The first-order chi connectivity index (χ1) is 15.7. The Morgan fingerprint density at radius 3 is 2.09 bits per heavy atom. The first-order valence-electron chi connectivity index (χ1n) is 11.1. The van der Waals surface area contributed by atoms with Crippen molar-refractivity contribution < 1.29 is 26.3 Å². The van der Waals surface area contributed by atoms with Gasteiger partial charge in [0.15, 0.2) is 35.3 Å². The summed E-state index contributed by atoms with van der Waals surface area (Å²) in [6.07, 6.45) is 1.44. The van der Waals surface area contributed by atoms with Gasteiger partial charge in [0.05, 0.1) is 25.7 Å². The highest BCUT2D eigenvalue weighted by Gasteiger charge is 2.57. The molecule has 0 saturated carbocycles. The number of likely N-dealkylation sites (N-methyl/N-ethyl adjacent to an activating group) is 1. The van der Waals surface area contributed by atoms with Crippen LogP contribution in [0.25, 0.3) is 0 Å². The van der Waals surface area contributed by atoms with Crippen LogP contribution in [0.1, 0.15) is 30.4 Å². The van der Waals surface area contributed by atoms with Gasteiger partial charge in [-0.2, -0.15) is 0 Å². The third kappa shape index (κ3) is 5.70. The summed E-state index contributed by atoms with van der Waals surface area (Å²) in [5, 5.41) is 0. The lowest BCUT2D eigenvalue weighted by molar-refractivity contribution is 0.325. The van der Waals surface area contributed by atoms with Gasteiger partial charge in [-0.3, -0.25) is 0 Å². The van der Waals surface area contributed by atoms with Crippen molar-refractivity contribution in [2.45, 2.75) is 29.8 Å². The number of hydrogen-bond acceptors (Lipinski definition) is 7. The maximum atomic E-state index is 13.2. The van der Waals surface area contributed by atoms with E-state index >= 15 is 0 Å². The topological polar surface area (TPSA) is 90.0 Å². The zero-order valence-corrected chi connectivity index (χ0v) is 22.3. The summed E-state index contributed by atoms with van der Waals surface area (Å²) >= 11 is 0. The molecular formula is C24H34ClNO6S2. The number of hydrogen-bond donors (Lipinski definition) is 0. The first kappa shape index (κ1) is 28.4. The van der Waals surface area contributed by atoms with Crippen molar-refractivity contribution in [3.63, 3.8) is 0 Å². The summed E-state index contributed by atoms with van der Waals surface area (Å²) in [4.78, 5) is 2.09. The van der Waals surface area contributed by atoms with E-state index in [0.717, 1.165) is 18.5 Å². The Morgan fingerprint density at radius 2 is 1.50 bits per heavy atom. The van der Waals surface area contributed by atoms with Crippen molar-refractivity contribution >= 4 is 32.1 Å². The molecule has 10 heteroatoms. The Hall–Kier alpha value is -1.81. The largest absolute Gasteiger partial charge is 0.493 e. The third-order valence-electron chi connectivity index (χ3n) is 6.32. The number of halogens is 1. The first-order valence-corrected chi connectivity index (χ1v) is 14.4. The second-order valence-corrected chi connectivity index (χ2v) is 13.4. The molecule has 0 aliphatic carbocycles. The highest BCUT2D eigenvalue weighted by atomic mass is 35.5. The Bertz CT molecular complexity index is 1120. The number of sulfone groups is 2. The van der Waals surface area contributed by atoms with Crippen LogP contribution in [0.3, 0.4) is 0 Å². The minimum absolute atomic E-state index is 0. The molecule has 0 spiro atoms. The van der Waals surface area contributed by atoms with Crippen LogP contribution in [0.15, 0.2) is 48.5 Å². The lowest BCUT2D eigenvalue weighted by Gasteiger charge is -2.37. The second-order valence-electron chi connectivity index (χ2n) is 8.46. The minimum Gasteiger partial charge on any atom is -0.493 e. The van der Waals surface area contributed by atoms with Crippen LogP contribution >= 0.6 is 12.4 Å². The van der Waals surface area contributed by atoms with E-state index in [1.165, 1.54) is 0 Å². The smallest absolute Gasteiger partial charge is 0.198 e. The zero-order chi connectivity index (χ0) is 24.1. The molecule has 1 saturated heterocycles. The number of rotatable bonds is 10. The molecule has 0 aromatic heterocycles. The summed E-state index contributed by atoms with van der Waals surface area (Å²) in [5.41, 5.74) is 1.45. The third-order valence-corrected chi connectivity index (χ3v) is 12.4. The van der Waals surface area contributed by atoms with Crippen LogP contribution in [0.2, 0.25) is 0 Å². The van der Waals surface area contributed by atoms with Crippen molar-refractivity contribution in [2.75, 3.05) is 45.9 Å². The Kier molecular flexibility index (Phi) is 9.82. The molecule has 190 valence electrons. The molecular weight excluding hydrogens is 498 g/mol. The van der Waals surface area contributed by atoms with E-state index in [2.05, 4.69) is 4.90 Å². The predicted molar refractivity (Wildman–Crippen MR) is 138 cm³/mol. The molecule has 0 unspecified atom stereocenters. The highest BCUT2D eigenvalue weighted by Crippen LogP contribution is 2.44. The molecule has 1 aliphatic heterocycles. The molecule has 0 amide bonds. The highest BCUT2D eigenvalue weighted by molar-refractivity contribution is 8.10. The maximum Gasteiger partial charge on any atom is 0.198 e. The Morgan fingerprint density at radius 1 is 0.882 bits per heavy atom. The van der Waals surface area contributed by atoms with Crippen LogP contribution in [0.4, 0.5) is 0 Å². The molecule has 7 nitrogen and oxygen atoms in total. The maximum absolute atomic E-state index is 13.2. The quantitative estimate of drug-likeness (QED) is 0.463. The van der Waals surface area contributed by atoms with E-state index in [-0.39, 0.29) is 36.8 Å². The zero-order valence-electron chi connectivity index (χ0n) is 19.9. The molecule has 34 heavy (non-hydrogen) atoms. The van der Waals surface area contributed by atoms with E-state index in [1.54, 1.807) is 44.6 Å². The van der Waals surface area contributed by atoms with Crippen molar-refractivity contribution in [2.24, 2.45) is 0 Å². The van der Waals surface area contributed by atoms with E-state index in [4.69, 9.17) is 9.47 Å². The SMILES string of the molecule is COc1ccc(CCN(C)CCCC2(c3ccccc3)S(=O)(=O)CCCS2(=O)=O)cc1OC.Cl. The van der Waals surface area contributed by atoms with Gasteiger partial charge < -0.3 is 14.4 Å². The number of methoxy groups -OCH3 is 2. The Labute approximate surface area is 209 Å². The Balaban J connectivity index is 0.00000408. The van der Waals surface area contributed by atoms with Crippen molar-refractivity contribution in [1.29, 1.82) is 0 Å². The summed E-state index contributed by atoms with van der Waals surface area (Å²) in [6.45, 7) is 1.33. The summed E-state index contributed by atoms with van der Waals surface area (Å²) in [5.74, 6) is 1.15. The molecule has 0 N–H and O–H groups in total. The molecule has 0 radical (unpaired) electrons. The van der Waals surface area contributed by atoms with Crippen molar-refractivity contribution in [1.82, 2.24) is 4.90 Å². The van der Waals surface area contributed by atoms with Gasteiger partial charge in [0.25, 0.3) is 0 Å². The van der Waals surface area contributed by atoms with Gasteiger partial charge in [0, 0.05) is 6.54 Å². The van der Waals surface area contributed by atoms with E-state index < -0.39 is 23.8 Å². The molecule has 1 fully saturated rings. The van der Waals surface area contributed by atoms with E-state index in [0.29, 0.717) is 30.0 Å². The van der Waals surface area contributed by atoms with Crippen LogP contribution in [-0.4, -0.2) is 67.6 Å². The van der Waals surface area contributed by atoms with Gasteiger partial charge in [-0.25, -0.2) is 16.8 Å². The molecule has 1 heterocycles. The molecule has 2 aromatic carbocycles. The van der Waals surface area contributed by atoms with E-state index in [9.17, 15) is 16.8 Å². The fourth-order valence-corrected chi connectivity index (χ4v) is 10.4. The van der Waals surface area contributed by atoms with Crippen LogP contribution in [-0.2, 0) is 30.2 Å². The molecule has 2 aromatic rings. The average Bonchev–Trinajstić information content (AvgIpc) is 2.79. The fraction of sp³-hybridized carbons (Fsp3) is 0.500. The number of nitrogens with zero attached hydrogens (tertiary/aromatic N) is 1. The molecule has 3 rings (SSSR count). The summed E-state index contributed by atoms with van der Waals surface area (Å²) in [7, 11) is -2.53. The standard InChI is InChI=1S/C24H33NO6S2.ClH/c1-25(16-13-20-11-12-22(30-2)23(19-20)31-3)15-7-14-24(21-9-5-4-6-10-21)32(26,27)17-8-18-33(24,28)29;/h4-6,9-12,19H,7-8,13-18H2,1-3H3;1H. The van der Waals surface area contributed by atoms with Gasteiger partial charge in [-0.15, -0.1) is 12.4 Å². The van der Waals surface area contributed by atoms with Crippen molar-refractivity contribution in [3.8, 4) is 11.5 Å². The minimum atomic E-state index is -3.85. The number of ether oxygens (including phenoxy) is 2. The molecule has 1 aliphatic rings. The fourth-order valence-electron chi connectivity index (χ4n) is 4.52. The average molecular weight is 532 g/mol. The molecule has 0 bridgehead atoms. The van der Waals surface area contributed by atoms with Gasteiger partial charge in [-0.1, -0.05) is 36.4 Å². The summed E-state index contributed by atoms with van der Waals surface area (Å²) < 4.78 is 61.6. The van der Waals surface area contributed by atoms with E-state index in [1.807, 2.05) is 25.2 Å². The predicted octanol–water partition coefficient (Wildman–Crippen LogP) is 3.47. The second kappa shape index (κ2) is 11.7. The van der Waals surface area contributed by atoms with Crippen LogP contribution < -0.4 is 9.47 Å². The van der Waals surface area contributed by atoms with Crippen LogP contribution in [0, 0.1) is 0 Å².